The number of carbonyl (C=O) groups is 2. The number of amides is 1. The fraction of sp³-hybridized carbons (Fsp3) is 0.667. The predicted octanol–water partition coefficient (Wildman–Crippen LogP) is 0.161. The van der Waals surface area contributed by atoms with Crippen molar-refractivity contribution in [1.29, 1.82) is 0 Å². The topological polar surface area (TPSA) is 77.8 Å². The molecule has 1 rings (SSSR count). The molecular weight excluding hydrogens is 169 g/mol. The largest absolute Gasteiger partial charge is 0.480 e. The lowest BCUT2D eigenvalue weighted by Gasteiger charge is -2.16. The van der Waals surface area contributed by atoms with E-state index in [4.69, 9.17) is 10.2 Å². The van der Waals surface area contributed by atoms with Crippen LogP contribution in [0.15, 0.2) is 0 Å². The van der Waals surface area contributed by atoms with Gasteiger partial charge in [0.25, 0.3) is 0 Å². The Balaban J connectivity index is 2.72. The normalized spacial score (nSPS) is 28.9. The molecule has 1 heterocycles. The van der Waals surface area contributed by atoms with E-state index in [2.05, 4.69) is 0 Å². The summed E-state index contributed by atoms with van der Waals surface area (Å²) in [7, 11) is 0. The number of alkyl halides is 1. The van der Waals surface area contributed by atoms with E-state index in [0.717, 1.165) is 0 Å². The zero-order valence-electron chi connectivity index (χ0n) is 6.11. The summed E-state index contributed by atoms with van der Waals surface area (Å²) in [5, 5.41) is 16.9. The molecule has 0 aromatic heterocycles. The summed E-state index contributed by atoms with van der Waals surface area (Å²) >= 11 is 0. The molecule has 2 N–H and O–H groups in total. The molecule has 6 heteroatoms. The van der Waals surface area contributed by atoms with E-state index in [9.17, 15) is 14.0 Å². The molecule has 68 valence electrons. The molecule has 1 saturated heterocycles. The van der Waals surface area contributed by atoms with Crippen molar-refractivity contribution in [1.82, 2.24) is 4.90 Å². The summed E-state index contributed by atoms with van der Waals surface area (Å²) in [6.45, 7) is -0.341. The molecule has 0 spiro atoms. The van der Waals surface area contributed by atoms with Gasteiger partial charge in [0, 0.05) is 6.42 Å². The lowest BCUT2D eigenvalue weighted by atomic mass is 10.2. The van der Waals surface area contributed by atoms with Crippen molar-refractivity contribution < 1.29 is 24.2 Å². The second-order valence-electron chi connectivity index (χ2n) is 2.62. The fourth-order valence-corrected chi connectivity index (χ4v) is 1.23. The zero-order valence-corrected chi connectivity index (χ0v) is 6.11. The molecule has 1 aliphatic rings. The molecule has 0 saturated carbocycles. The Labute approximate surface area is 67.4 Å². The minimum Gasteiger partial charge on any atom is -0.480 e. The molecule has 0 radical (unpaired) electrons. The molecular formula is C6H8FNO4. The second-order valence-corrected chi connectivity index (χ2v) is 2.62. The molecule has 0 aromatic carbocycles. The number of hydrogen-bond donors (Lipinski definition) is 2. The van der Waals surface area contributed by atoms with Crippen LogP contribution in [-0.4, -0.2) is 45.9 Å². The van der Waals surface area contributed by atoms with E-state index in [1.165, 1.54) is 0 Å². The Morgan fingerprint density at radius 1 is 1.42 bits per heavy atom. The summed E-state index contributed by atoms with van der Waals surface area (Å²) in [6, 6.07) is -1.22. The van der Waals surface area contributed by atoms with Crippen molar-refractivity contribution in [3.63, 3.8) is 0 Å². The molecule has 0 aromatic rings. The maximum atomic E-state index is 12.6. The molecule has 5 nitrogen and oxygen atoms in total. The first kappa shape index (κ1) is 8.76. The number of hydrogen-bond acceptors (Lipinski definition) is 2. The number of likely N-dealkylation sites (tertiary alicyclic amines) is 1. The van der Waals surface area contributed by atoms with Gasteiger partial charge in [-0.3, -0.25) is 4.90 Å². The average molecular weight is 177 g/mol. The minimum atomic E-state index is -1.39. The van der Waals surface area contributed by atoms with Gasteiger partial charge in [0.05, 0.1) is 6.54 Å². The molecule has 12 heavy (non-hydrogen) atoms. The maximum absolute atomic E-state index is 12.6. The summed E-state index contributed by atoms with van der Waals surface area (Å²) in [6.07, 6.45) is -2.99. The number of carboxylic acid groups (broad SMARTS) is 2. The van der Waals surface area contributed by atoms with Crippen LogP contribution >= 0.6 is 0 Å². The summed E-state index contributed by atoms with van der Waals surface area (Å²) in [4.78, 5) is 21.4. The summed E-state index contributed by atoms with van der Waals surface area (Å²) in [5.74, 6) is -1.29. The zero-order chi connectivity index (χ0) is 9.30. The van der Waals surface area contributed by atoms with Crippen molar-refractivity contribution in [3.05, 3.63) is 0 Å². The third kappa shape index (κ3) is 1.46. The van der Waals surface area contributed by atoms with E-state index >= 15 is 0 Å². The Bertz CT molecular complexity index is 198. The van der Waals surface area contributed by atoms with E-state index in [-0.39, 0.29) is 13.0 Å². The lowest BCUT2D eigenvalue weighted by molar-refractivity contribution is -0.141. The summed E-state index contributed by atoms with van der Waals surface area (Å²) < 4.78 is 12.6. The van der Waals surface area contributed by atoms with Crippen LogP contribution in [0.2, 0.25) is 0 Å². The van der Waals surface area contributed by atoms with E-state index in [0.29, 0.717) is 4.90 Å². The number of nitrogens with zero attached hydrogens (tertiary/aromatic N) is 1. The van der Waals surface area contributed by atoms with E-state index in [1.807, 2.05) is 0 Å². The molecule has 1 amide bonds. The highest BCUT2D eigenvalue weighted by atomic mass is 19.1. The maximum Gasteiger partial charge on any atom is 0.408 e. The first-order chi connectivity index (χ1) is 5.52. The van der Waals surface area contributed by atoms with Crippen LogP contribution in [-0.2, 0) is 4.79 Å². The van der Waals surface area contributed by atoms with Gasteiger partial charge < -0.3 is 10.2 Å². The van der Waals surface area contributed by atoms with Crippen LogP contribution in [0.4, 0.5) is 9.18 Å². The highest BCUT2D eigenvalue weighted by molar-refractivity contribution is 5.80. The highest BCUT2D eigenvalue weighted by Crippen LogP contribution is 2.20. The molecule has 2 atom stereocenters. The number of halogens is 1. The van der Waals surface area contributed by atoms with E-state index < -0.39 is 24.3 Å². The lowest BCUT2D eigenvalue weighted by Crippen LogP contribution is -2.39. The molecule has 1 aliphatic heterocycles. The number of aliphatic carboxylic acids is 1. The Kier molecular flexibility index (Phi) is 2.16. The second kappa shape index (κ2) is 2.96. The van der Waals surface area contributed by atoms with Crippen LogP contribution in [0.5, 0.6) is 0 Å². The SMILES string of the molecule is O=C(O)[C@@H]1CC(F)CN1C(=O)O. The number of carboxylic acids is 1. The van der Waals surface area contributed by atoms with Crippen LogP contribution < -0.4 is 0 Å². The average Bonchev–Trinajstić information content (AvgIpc) is 2.31. The van der Waals surface area contributed by atoms with Gasteiger partial charge in [0.1, 0.15) is 12.2 Å². The first-order valence-corrected chi connectivity index (χ1v) is 3.39. The third-order valence-corrected chi connectivity index (χ3v) is 1.78. The van der Waals surface area contributed by atoms with Crippen molar-refractivity contribution in [3.8, 4) is 0 Å². The summed E-state index contributed by atoms with van der Waals surface area (Å²) in [5.41, 5.74) is 0. The molecule has 0 aliphatic carbocycles. The van der Waals surface area contributed by atoms with Crippen molar-refractivity contribution in [2.24, 2.45) is 0 Å². The standard InChI is InChI=1S/C6H8FNO4/c7-3-1-4(5(9)10)8(2-3)6(11)12/h3-4H,1-2H2,(H,9,10)(H,11,12)/t3?,4-/m0/s1. The number of rotatable bonds is 1. The van der Waals surface area contributed by atoms with Crippen molar-refractivity contribution in [2.45, 2.75) is 18.6 Å². The van der Waals surface area contributed by atoms with Gasteiger partial charge in [-0.2, -0.15) is 0 Å². The van der Waals surface area contributed by atoms with Gasteiger partial charge in [-0.15, -0.1) is 0 Å². The Morgan fingerprint density at radius 2 is 2.00 bits per heavy atom. The Morgan fingerprint density at radius 3 is 2.33 bits per heavy atom. The molecule has 1 unspecified atom stereocenters. The quantitative estimate of drug-likeness (QED) is 0.598. The Hall–Kier alpha value is -1.33. The minimum absolute atomic E-state index is 0.248. The van der Waals surface area contributed by atoms with Gasteiger partial charge in [-0.25, -0.2) is 14.0 Å². The van der Waals surface area contributed by atoms with Crippen LogP contribution in [0.1, 0.15) is 6.42 Å². The fourth-order valence-electron chi connectivity index (χ4n) is 1.23. The highest BCUT2D eigenvalue weighted by Gasteiger charge is 2.39. The van der Waals surface area contributed by atoms with Crippen LogP contribution in [0.25, 0.3) is 0 Å². The van der Waals surface area contributed by atoms with E-state index in [1.54, 1.807) is 0 Å². The van der Waals surface area contributed by atoms with Gasteiger partial charge in [-0.05, 0) is 0 Å². The van der Waals surface area contributed by atoms with Crippen molar-refractivity contribution >= 4 is 12.1 Å². The third-order valence-electron chi connectivity index (χ3n) is 1.78. The van der Waals surface area contributed by atoms with Gasteiger partial charge in [0.15, 0.2) is 0 Å². The van der Waals surface area contributed by atoms with Crippen LogP contribution in [0.3, 0.4) is 0 Å². The predicted molar refractivity (Wildman–Crippen MR) is 35.7 cm³/mol. The van der Waals surface area contributed by atoms with Crippen molar-refractivity contribution in [2.75, 3.05) is 6.54 Å². The smallest absolute Gasteiger partial charge is 0.408 e. The van der Waals surface area contributed by atoms with Gasteiger partial charge >= 0.3 is 12.1 Å². The molecule has 1 fully saturated rings. The molecule has 0 bridgehead atoms. The van der Waals surface area contributed by atoms with Crippen LogP contribution in [0, 0.1) is 0 Å². The first-order valence-electron chi connectivity index (χ1n) is 3.39. The monoisotopic (exact) mass is 177 g/mol. The van der Waals surface area contributed by atoms with Gasteiger partial charge in [-0.1, -0.05) is 0 Å². The van der Waals surface area contributed by atoms with Gasteiger partial charge in [0.2, 0.25) is 0 Å².